The second-order valence-corrected chi connectivity index (χ2v) is 1.34. The van der Waals surface area contributed by atoms with Crippen LogP contribution in [0.5, 0.6) is 0 Å². The van der Waals surface area contributed by atoms with Crippen LogP contribution >= 0.6 is 16.5 Å². The second kappa shape index (κ2) is 16.6. The Morgan fingerprint density at radius 1 is 0.800 bits per heavy atom. The van der Waals surface area contributed by atoms with Crippen LogP contribution in [0.1, 0.15) is 0 Å². The first-order valence-electron chi connectivity index (χ1n) is 1.10. The summed E-state index contributed by atoms with van der Waals surface area (Å²) in [5.74, 6) is 0. The Morgan fingerprint density at radius 3 is 0.800 bits per heavy atom. The van der Waals surface area contributed by atoms with Crippen LogP contribution in [0.3, 0.4) is 0 Å². The Hall–Kier alpha value is 1.05. The van der Waals surface area contributed by atoms with Crippen molar-refractivity contribution in [3.05, 3.63) is 0 Å². The van der Waals surface area contributed by atoms with Gasteiger partial charge in [0.25, 0.3) is 16.5 Å². The van der Waals surface area contributed by atoms with Crippen molar-refractivity contribution in [1.82, 2.24) is 0 Å². The predicted molar refractivity (Wildman–Crippen MR) is 15.2 cm³/mol. The molecule has 0 atom stereocenters. The van der Waals surface area contributed by atoms with E-state index in [1.54, 1.807) is 0 Å². The summed E-state index contributed by atoms with van der Waals surface area (Å²) < 4.78 is 17.0. The maximum atomic E-state index is 8.48. The molecule has 0 N–H and O–H groups in total. The zero-order valence-corrected chi connectivity index (χ0v) is 7.89. The molecule has 0 unspecified atom stereocenters. The molecule has 0 spiro atoms. The largest absolute Gasteiger partial charge is 2.00 e. The zero-order chi connectivity index (χ0) is 7.15. The molecule has 0 aliphatic carbocycles. The van der Waals surface area contributed by atoms with Gasteiger partial charge < -0.3 is 19.6 Å². The summed E-state index contributed by atoms with van der Waals surface area (Å²) in [4.78, 5) is 33.9. The van der Waals surface area contributed by atoms with Gasteiger partial charge in [0.1, 0.15) is 0 Å². The van der Waals surface area contributed by atoms with Gasteiger partial charge in [-0.15, -0.1) is 0 Å². The summed E-state index contributed by atoms with van der Waals surface area (Å²) in [6.45, 7) is 0. The van der Waals surface area contributed by atoms with Crippen molar-refractivity contribution in [3.8, 4) is 0 Å². The van der Waals surface area contributed by atoms with Gasteiger partial charge in [0.2, 0.25) is 0 Å². The minimum Gasteiger partial charge on any atom is -0.598 e. The van der Waals surface area contributed by atoms with Crippen molar-refractivity contribution in [2.24, 2.45) is 0 Å². The van der Waals surface area contributed by atoms with Gasteiger partial charge in [0, 0.05) is 0 Å². The van der Waals surface area contributed by atoms with Crippen molar-refractivity contribution in [2.75, 3.05) is 0 Å². The van der Waals surface area contributed by atoms with E-state index in [0.717, 1.165) is 0 Å². The van der Waals surface area contributed by atoms with Crippen LogP contribution in [0, 0.1) is 0 Å². The maximum absolute atomic E-state index is 8.48. The van der Waals surface area contributed by atoms with Crippen LogP contribution < -0.4 is 19.6 Å². The molecule has 0 aromatic carbocycles. The molecule has 10 heavy (non-hydrogen) atoms. The van der Waals surface area contributed by atoms with E-state index < -0.39 is 16.5 Å². The molecule has 6 nitrogen and oxygen atoms in total. The summed E-state index contributed by atoms with van der Waals surface area (Å²) in [7, 11) is -6.74. The van der Waals surface area contributed by atoms with E-state index in [-0.39, 0.29) is 33.6 Å². The molecule has 0 aromatic heterocycles. The molecule has 0 radical (unpaired) electrons. The third kappa shape index (κ3) is 529. The number of hydrogen-bond acceptors (Lipinski definition) is 6. The first-order chi connectivity index (χ1) is 3.46. The fraction of sp³-hybridized carbons (Fsp3) is 0. The van der Waals surface area contributed by atoms with Crippen LogP contribution in [-0.2, 0) is 42.7 Å². The van der Waals surface area contributed by atoms with Gasteiger partial charge in [-0.05, 0) is 0 Å². The monoisotopic (exact) mass is 272 g/mol. The average molecular weight is 272 g/mol. The van der Waals surface area contributed by atoms with Gasteiger partial charge in [-0.25, -0.2) is 0 Å². The van der Waals surface area contributed by atoms with Crippen LogP contribution in [0.4, 0.5) is 0 Å². The van der Waals surface area contributed by atoms with Crippen molar-refractivity contribution >= 4 is 16.5 Å². The van der Waals surface area contributed by atoms with Crippen molar-refractivity contribution in [1.29, 1.82) is 0 Å². The third-order valence-corrected chi connectivity index (χ3v) is 0. The molecule has 10 heteroatoms. The molecule has 0 saturated carbocycles. The first kappa shape index (κ1) is 22.5. The fourth-order valence-corrected chi connectivity index (χ4v) is 0. The molecular formula is FeNiO6P2+2. The van der Waals surface area contributed by atoms with Crippen molar-refractivity contribution in [2.45, 2.75) is 0 Å². The molecule has 0 aliphatic rings. The second-order valence-electron chi connectivity index (χ2n) is 0.447. The predicted octanol–water partition coefficient (Wildman–Crippen LogP) is -3.28. The van der Waals surface area contributed by atoms with Crippen LogP contribution in [0.2, 0.25) is 0 Å². The van der Waals surface area contributed by atoms with Crippen LogP contribution in [0.15, 0.2) is 0 Å². The average Bonchev–Trinajstić information content (AvgIpc) is 1.25. The van der Waals surface area contributed by atoms with E-state index in [0.29, 0.717) is 0 Å². The molecular weight excluding hydrogens is 272 g/mol. The quantitative estimate of drug-likeness (QED) is 0.336. The van der Waals surface area contributed by atoms with Gasteiger partial charge >= 0.3 is 33.6 Å². The minimum absolute atomic E-state index is 0. The Balaban J connectivity index is -0.0000000300. The maximum Gasteiger partial charge on any atom is 2.00 e. The summed E-state index contributed by atoms with van der Waals surface area (Å²) in [5, 5.41) is 0. The zero-order valence-electron chi connectivity index (χ0n) is 4.01. The molecule has 0 bridgehead atoms. The molecule has 62 valence electrons. The van der Waals surface area contributed by atoms with Gasteiger partial charge in [0.05, 0.1) is 0 Å². The summed E-state index contributed by atoms with van der Waals surface area (Å²) >= 11 is 0. The molecule has 0 heterocycles. The Morgan fingerprint density at radius 2 is 0.800 bits per heavy atom. The Kier molecular flexibility index (Phi) is 37.2. The minimum atomic E-state index is -3.37. The summed E-state index contributed by atoms with van der Waals surface area (Å²) in [6.07, 6.45) is 0. The summed E-state index contributed by atoms with van der Waals surface area (Å²) in [5.41, 5.74) is 0. The van der Waals surface area contributed by atoms with Crippen molar-refractivity contribution in [3.63, 3.8) is 0 Å². The van der Waals surface area contributed by atoms with Crippen LogP contribution in [0.25, 0.3) is 0 Å². The van der Waals surface area contributed by atoms with Gasteiger partial charge in [-0.2, -0.15) is 0 Å². The Bertz CT molecular complexity index is 73.7. The van der Waals surface area contributed by atoms with E-state index in [1.165, 1.54) is 0 Å². The van der Waals surface area contributed by atoms with E-state index in [4.69, 9.17) is 28.7 Å². The van der Waals surface area contributed by atoms with E-state index in [1.807, 2.05) is 0 Å². The first-order valence-corrected chi connectivity index (χ1v) is 3.29. The fourth-order valence-electron chi connectivity index (χ4n) is 0. The van der Waals surface area contributed by atoms with Gasteiger partial charge in [0.15, 0.2) is 0 Å². The molecule has 0 aliphatic heterocycles. The normalized spacial score (nSPS) is 5.20. The standard InChI is InChI=1S/Fe.Ni.2HO3P/c;;2*1-4(2)3/h;;2*(H,1,2,3)/q2*+2;;/p-2. The third-order valence-electron chi connectivity index (χ3n) is 0. The number of hydrogen-bond donors (Lipinski definition) is 0. The summed E-state index contributed by atoms with van der Waals surface area (Å²) in [6, 6.07) is 0. The van der Waals surface area contributed by atoms with Gasteiger partial charge in [-0.1, -0.05) is 9.13 Å². The smallest absolute Gasteiger partial charge is 0.598 e. The molecule has 0 saturated heterocycles. The van der Waals surface area contributed by atoms with Gasteiger partial charge in [-0.3, -0.25) is 0 Å². The molecule has 0 rings (SSSR count). The number of rotatable bonds is 0. The van der Waals surface area contributed by atoms with E-state index >= 15 is 0 Å². The topological polar surface area (TPSA) is 126 Å². The van der Waals surface area contributed by atoms with E-state index in [2.05, 4.69) is 0 Å². The van der Waals surface area contributed by atoms with Crippen LogP contribution in [-0.4, -0.2) is 0 Å². The van der Waals surface area contributed by atoms with E-state index in [9.17, 15) is 0 Å². The molecule has 0 aromatic rings. The van der Waals surface area contributed by atoms with Crippen molar-refractivity contribution < 1.29 is 62.3 Å². The molecule has 0 amide bonds. The molecule has 0 fully saturated rings. The Labute approximate surface area is 79.0 Å². The SMILES string of the molecule is O=[P+]([O-])[O-].O=[P+]([O-])[O-].[Fe+2].[Ni+2].